The fraction of sp³-hybridized carbons (Fsp3) is 0.0137. The van der Waals surface area contributed by atoms with E-state index in [4.69, 9.17) is 0 Å². The van der Waals surface area contributed by atoms with E-state index in [1.165, 1.54) is 117 Å². The lowest BCUT2D eigenvalue weighted by Gasteiger charge is -2.46. The summed E-state index contributed by atoms with van der Waals surface area (Å²) in [6.45, 7) is -0.119. The van der Waals surface area contributed by atoms with E-state index in [1.54, 1.807) is 0 Å². The SMILES string of the molecule is c1ccc(-c2ccc(N3c4ccc(-c5ccccc5)cc4B4c5cc(-c6ccccc6)ccc5N(c5ccc(-c6ccccc6)cc5)c5cc(C6(c7ccccc7)c7ccccc7-c7ccccc76)cc3c54)cc2)cc1. The van der Waals surface area contributed by atoms with Gasteiger partial charge in [0.15, 0.2) is 0 Å². The molecule has 2 nitrogen and oxygen atoms in total. The van der Waals surface area contributed by atoms with Gasteiger partial charge in [0.05, 0.1) is 5.41 Å². The van der Waals surface area contributed by atoms with Gasteiger partial charge in [-0.15, -0.1) is 0 Å². The average molecular weight is 965 g/mol. The van der Waals surface area contributed by atoms with Gasteiger partial charge in [-0.3, -0.25) is 0 Å². The van der Waals surface area contributed by atoms with Crippen molar-refractivity contribution in [2.45, 2.75) is 5.41 Å². The summed E-state index contributed by atoms with van der Waals surface area (Å²) in [5.74, 6) is 0. The Morgan fingerprint density at radius 2 is 0.579 bits per heavy atom. The van der Waals surface area contributed by atoms with E-state index in [9.17, 15) is 0 Å². The van der Waals surface area contributed by atoms with Crippen molar-refractivity contribution in [3.8, 4) is 55.6 Å². The van der Waals surface area contributed by atoms with Crippen LogP contribution in [0.5, 0.6) is 0 Å². The van der Waals surface area contributed by atoms with Gasteiger partial charge in [0.1, 0.15) is 0 Å². The van der Waals surface area contributed by atoms with Crippen molar-refractivity contribution in [1.29, 1.82) is 0 Å². The zero-order chi connectivity index (χ0) is 50.2. The van der Waals surface area contributed by atoms with Gasteiger partial charge in [0.25, 0.3) is 6.71 Å². The van der Waals surface area contributed by atoms with Crippen molar-refractivity contribution < 1.29 is 0 Å². The Morgan fingerprint density at radius 3 is 0.987 bits per heavy atom. The fourth-order valence-corrected chi connectivity index (χ4v) is 13.0. The summed E-state index contributed by atoms with van der Waals surface area (Å²) in [6, 6.07) is 111. The van der Waals surface area contributed by atoms with Crippen molar-refractivity contribution >= 4 is 57.2 Å². The topological polar surface area (TPSA) is 6.48 Å². The molecule has 3 aliphatic rings. The quantitative estimate of drug-likeness (QED) is 0.140. The van der Waals surface area contributed by atoms with Crippen LogP contribution < -0.4 is 26.2 Å². The predicted molar refractivity (Wildman–Crippen MR) is 320 cm³/mol. The molecule has 0 bridgehead atoms. The number of nitrogens with zero attached hydrogens (tertiary/aromatic N) is 2. The standard InChI is InChI=1S/C73H49BN2/c1-6-20-50(21-7-1)54-34-40-60(41-35-54)75-68-44-38-56(52-24-10-3-11-25-52)46-66(68)74-67-47-57(53-26-12-4-13-27-53)39-45-69(67)76(61-42-36-55(37-43-61)51-22-8-2-9-23-51)71-49-59(48-70(75)72(71)74)73(58-28-14-5-15-29-58)64-32-18-16-30-62(64)63-31-17-19-33-65(63)73/h1-49H. The number of hydrogen-bond acceptors (Lipinski definition) is 2. The third kappa shape index (κ3) is 6.83. The molecule has 2 heterocycles. The number of benzene rings is 12. The first kappa shape index (κ1) is 43.8. The zero-order valence-corrected chi connectivity index (χ0v) is 41.8. The number of fused-ring (bicyclic) bond motifs is 7. The van der Waals surface area contributed by atoms with Gasteiger partial charge in [0.2, 0.25) is 0 Å². The Hall–Kier alpha value is -9.70. The van der Waals surface area contributed by atoms with Crippen molar-refractivity contribution in [3.05, 3.63) is 320 Å². The number of anilines is 6. The van der Waals surface area contributed by atoms with Crippen LogP contribution in [-0.4, -0.2) is 6.71 Å². The normalized spacial score (nSPS) is 13.3. The highest BCUT2D eigenvalue weighted by Gasteiger charge is 2.50. The van der Waals surface area contributed by atoms with E-state index in [0.717, 1.165) is 11.4 Å². The Labute approximate surface area is 445 Å². The highest BCUT2D eigenvalue weighted by atomic mass is 15.2. The van der Waals surface area contributed by atoms with Gasteiger partial charge >= 0.3 is 0 Å². The van der Waals surface area contributed by atoms with Crippen LogP contribution in [0, 0.1) is 0 Å². The lowest BCUT2D eigenvalue weighted by molar-refractivity contribution is 0.768. The Balaban J connectivity index is 1.08. The van der Waals surface area contributed by atoms with Crippen LogP contribution in [0.1, 0.15) is 22.3 Å². The van der Waals surface area contributed by atoms with E-state index in [0.29, 0.717) is 0 Å². The lowest BCUT2D eigenvalue weighted by Crippen LogP contribution is -2.61. The maximum absolute atomic E-state index is 2.58. The van der Waals surface area contributed by atoms with Crippen LogP contribution in [0.15, 0.2) is 297 Å². The Kier molecular flexibility index (Phi) is 10.2. The third-order valence-electron chi connectivity index (χ3n) is 16.3. The summed E-state index contributed by atoms with van der Waals surface area (Å²) in [4.78, 5) is 5.15. The molecule has 0 spiro atoms. The molecule has 0 N–H and O–H groups in total. The Morgan fingerprint density at radius 1 is 0.250 bits per heavy atom. The molecular formula is C73H49BN2. The van der Waals surface area contributed by atoms with E-state index in [1.807, 2.05) is 0 Å². The molecule has 12 aromatic carbocycles. The van der Waals surface area contributed by atoms with E-state index in [2.05, 4.69) is 307 Å². The maximum Gasteiger partial charge on any atom is 0.252 e. The van der Waals surface area contributed by atoms with Crippen molar-refractivity contribution in [3.63, 3.8) is 0 Å². The summed E-state index contributed by atoms with van der Waals surface area (Å²) in [7, 11) is 0. The summed E-state index contributed by atoms with van der Waals surface area (Å²) in [5.41, 5.74) is 27.2. The van der Waals surface area contributed by atoms with Crippen molar-refractivity contribution in [1.82, 2.24) is 0 Å². The van der Waals surface area contributed by atoms with Crippen molar-refractivity contribution in [2.24, 2.45) is 0 Å². The molecule has 0 aromatic heterocycles. The van der Waals surface area contributed by atoms with Crippen LogP contribution in [-0.2, 0) is 5.41 Å². The molecule has 15 rings (SSSR count). The van der Waals surface area contributed by atoms with Gasteiger partial charge in [-0.05, 0) is 143 Å². The smallest absolute Gasteiger partial charge is 0.252 e. The molecule has 0 saturated heterocycles. The van der Waals surface area contributed by atoms with E-state index >= 15 is 0 Å². The molecule has 0 amide bonds. The molecule has 2 aliphatic heterocycles. The first-order chi connectivity index (χ1) is 37.7. The van der Waals surface area contributed by atoms with Crippen LogP contribution in [0.4, 0.5) is 34.1 Å². The molecule has 0 saturated carbocycles. The zero-order valence-electron chi connectivity index (χ0n) is 41.8. The van der Waals surface area contributed by atoms with Gasteiger partial charge in [-0.25, -0.2) is 0 Å². The van der Waals surface area contributed by atoms with E-state index < -0.39 is 5.41 Å². The van der Waals surface area contributed by atoms with Crippen molar-refractivity contribution in [2.75, 3.05) is 9.80 Å². The number of hydrogen-bond donors (Lipinski definition) is 0. The minimum Gasteiger partial charge on any atom is -0.311 e. The predicted octanol–water partition coefficient (Wildman–Crippen LogP) is 16.8. The highest BCUT2D eigenvalue weighted by molar-refractivity contribution is 7.00. The molecule has 0 unspecified atom stereocenters. The largest absolute Gasteiger partial charge is 0.311 e. The molecule has 0 fully saturated rings. The summed E-state index contributed by atoms with van der Waals surface area (Å²) < 4.78 is 0. The van der Waals surface area contributed by atoms with E-state index in [-0.39, 0.29) is 6.71 Å². The molecule has 12 aromatic rings. The molecule has 3 heteroatoms. The number of rotatable bonds is 8. The first-order valence-corrected chi connectivity index (χ1v) is 26.4. The minimum absolute atomic E-state index is 0.119. The van der Waals surface area contributed by atoms with Crippen LogP contribution in [0.2, 0.25) is 0 Å². The second-order valence-electron chi connectivity index (χ2n) is 20.3. The molecule has 0 radical (unpaired) electrons. The fourth-order valence-electron chi connectivity index (χ4n) is 13.0. The maximum atomic E-state index is 2.58. The lowest BCUT2D eigenvalue weighted by atomic mass is 9.33. The Bertz CT molecular complexity index is 3900. The minimum atomic E-state index is -0.657. The molecule has 76 heavy (non-hydrogen) atoms. The summed E-state index contributed by atoms with van der Waals surface area (Å²) >= 11 is 0. The third-order valence-corrected chi connectivity index (χ3v) is 16.3. The van der Waals surface area contributed by atoms with Crippen LogP contribution in [0.25, 0.3) is 55.6 Å². The summed E-state index contributed by atoms with van der Waals surface area (Å²) in [5, 5.41) is 0. The summed E-state index contributed by atoms with van der Waals surface area (Å²) in [6.07, 6.45) is 0. The molecule has 1 aliphatic carbocycles. The average Bonchev–Trinajstić information content (AvgIpc) is 3.97. The first-order valence-electron chi connectivity index (χ1n) is 26.4. The molecule has 354 valence electrons. The van der Waals surface area contributed by atoms with Gasteiger partial charge in [0, 0.05) is 34.1 Å². The van der Waals surface area contributed by atoms with Crippen LogP contribution >= 0.6 is 0 Å². The van der Waals surface area contributed by atoms with Crippen LogP contribution in [0.3, 0.4) is 0 Å². The molecule has 0 atom stereocenters. The second-order valence-corrected chi connectivity index (χ2v) is 20.3. The second kappa shape index (κ2) is 17.8. The molecular weight excluding hydrogens is 916 g/mol. The highest BCUT2D eigenvalue weighted by Crippen LogP contribution is 2.58. The van der Waals surface area contributed by atoms with Gasteiger partial charge in [-0.1, -0.05) is 249 Å². The monoisotopic (exact) mass is 964 g/mol. The van der Waals surface area contributed by atoms with Gasteiger partial charge < -0.3 is 9.80 Å². The van der Waals surface area contributed by atoms with Gasteiger partial charge in [-0.2, -0.15) is 0 Å².